The molecule has 4 nitrogen and oxygen atoms in total. The molecule has 1 aromatic heterocycles. The van der Waals surface area contributed by atoms with E-state index < -0.39 is 15.8 Å². The Labute approximate surface area is 118 Å². The van der Waals surface area contributed by atoms with E-state index in [1.165, 1.54) is 23.6 Å². The molecule has 2 aromatic rings. The number of nitrogens with one attached hydrogen (secondary N) is 1. The summed E-state index contributed by atoms with van der Waals surface area (Å²) in [4.78, 5) is 0.583. The zero-order valence-corrected chi connectivity index (χ0v) is 11.8. The molecule has 0 saturated heterocycles. The van der Waals surface area contributed by atoms with Gasteiger partial charge < -0.3 is 5.11 Å². The third-order valence-corrected chi connectivity index (χ3v) is 4.99. The predicted octanol–water partition coefficient (Wildman–Crippen LogP) is 2.83. The Morgan fingerprint density at radius 1 is 1.37 bits per heavy atom. The summed E-state index contributed by atoms with van der Waals surface area (Å²) >= 11 is 6.71. The van der Waals surface area contributed by atoms with Crippen molar-refractivity contribution in [3.8, 4) is 0 Å². The lowest BCUT2D eigenvalue weighted by Gasteiger charge is -2.06. The van der Waals surface area contributed by atoms with Gasteiger partial charge in [0.25, 0.3) is 10.0 Å². The lowest BCUT2D eigenvalue weighted by atomic mass is 10.3. The van der Waals surface area contributed by atoms with Crippen molar-refractivity contribution in [3.63, 3.8) is 0 Å². The Morgan fingerprint density at radius 2 is 2.11 bits per heavy atom. The Balaban J connectivity index is 2.28. The molecule has 19 heavy (non-hydrogen) atoms. The first-order valence-corrected chi connectivity index (χ1v) is 7.82. The number of rotatable bonds is 4. The summed E-state index contributed by atoms with van der Waals surface area (Å²) in [5, 5.41) is 10.2. The van der Waals surface area contributed by atoms with Gasteiger partial charge in [-0.1, -0.05) is 11.6 Å². The van der Waals surface area contributed by atoms with Crippen molar-refractivity contribution in [1.82, 2.24) is 0 Å². The van der Waals surface area contributed by atoms with Crippen LogP contribution in [0.15, 0.2) is 34.5 Å². The van der Waals surface area contributed by atoms with Gasteiger partial charge in [-0.05, 0) is 24.3 Å². The summed E-state index contributed by atoms with van der Waals surface area (Å²) in [5.74, 6) is -0.622. The summed E-state index contributed by atoms with van der Waals surface area (Å²) in [7, 11) is -3.76. The average Bonchev–Trinajstić information content (AvgIpc) is 2.83. The number of thiophene rings is 1. The van der Waals surface area contributed by atoms with E-state index in [0.717, 1.165) is 17.4 Å². The highest BCUT2D eigenvalue weighted by Gasteiger charge is 2.16. The van der Waals surface area contributed by atoms with Gasteiger partial charge in [0.05, 0.1) is 22.2 Å². The lowest BCUT2D eigenvalue weighted by Crippen LogP contribution is -2.12. The van der Waals surface area contributed by atoms with Crippen molar-refractivity contribution >= 4 is 38.6 Å². The highest BCUT2D eigenvalue weighted by molar-refractivity contribution is 7.92. The molecule has 1 aromatic carbocycles. The summed E-state index contributed by atoms with van der Waals surface area (Å²) in [6.07, 6.45) is 0. The first kappa shape index (κ1) is 14.3. The molecule has 102 valence electrons. The molecule has 0 aliphatic heterocycles. The summed E-state index contributed by atoms with van der Waals surface area (Å²) in [5.41, 5.74) is 0.170. The van der Waals surface area contributed by atoms with Crippen LogP contribution < -0.4 is 4.72 Å². The lowest BCUT2D eigenvalue weighted by molar-refractivity contribution is 0.285. The molecular formula is C11H9ClFNO3S2. The van der Waals surface area contributed by atoms with E-state index in [0.29, 0.717) is 4.88 Å². The van der Waals surface area contributed by atoms with Crippen LogP contribution in [0.1, 0.15) is 4.88 Å². The number of sulfonamides is 1. The number of aliphatic hydroxyl groups is 1. The number of halogens is 2. The molecular weight excluding hydrogens is 313 g/mol. The van der Waals surface area contributed by atoms with Crippen molar-refractivity contribution in [3.05, 3.63) is 45.4 Å². The average molecular weight is 322 g/mol. The molecule has 0 spiro atoms. The van der Waals surface area contributed by atoms with E-state index in [4.69, 9.17) is 16.7 Å². The maximum Gasteiger partial charge on any atom is 0.262 e. The molecule has 1 heterocycles. The van der Waals surface area contributed by atoms with Gasteiger partial charge in [-0.3, -0.25) is 4.72 Å². The second-order valence-corrected chi connectivity index (χ2v) is 6.73. The summed E-state index contributed by atoms with van der Waals surface area (Å²) in [6, 6.07) is 4.91. The minimum absolute atomic E-state index is 0.0435. The fourth-order valence-corrected chi connectivity index (χ4v) is 3.72. The molecule has 2 N–H and O–H groups in total. The molecule has 2 rings (SSSR count). The van der Waals surface area contributed by atoms with Crippen molar-refractivity contribution in [2.24, 2.45) is 0 Å². The van der Waals surface area contributed by atoms with E-state index in [1.807, 2.05) is 0 Å². The number of hydrogen-bond acceptors (Lipinski definition) is 4. The van der Waals surface area contributed by atoms with Gasteiger partial charge in [0, 0.05) is 10.3 Å². The third-order valence-electron chi connectivity index (χ3n) is 2.27. The monoisotopic (exact) mass is 321 g/mol. The number of aliphatic hydroxyl groups excluding tert-OH is 1. The van der Waals surface area contributed by atoms with Gasteiger partial charge in [-0.2, -0.15) is 0 Å². The van der Waals surface area contributed by atoms with Crippen LogP contribution in [0.25, 0.3) is 0 Å². The minimum atomic E-state index is -3.76. The normalized spacial score (nSPS) is 11.5. The second-order valence-electron chi connectivity index (χ2n) is 3.64. The minimum Gasteiger partial charge on any atom is -0.391 e. The molecule has 0 bridgehead atoms. The maximum atomic E-state index is 13.0. The maximum absolute atomic E-state index is 13.0. The topological polar surface area (TPSA) is 66.4 Å². The summed E-state index contributed by atoms with van der Waals surface area (Å²) < 4.78 is 39.3. The van der Waals surface area contributed by atoms with E-state index in [9.17, 15) is 12.8 Å². The van der Waals surface area contributed by atoms with Crippen LogP contribution in [0.4, 0.5) is 10.1 Å². The molecule has 0 amide bonds. The Kier molecular flexibility index (Phi) is 4.10. The molecule has 8 heteroatoms. The summed E-state index contributed by atoms with van der Waals surface area (Å²) in [6.45, 7) is -0.220. The number of hydrogen-bond donors (Lipinski definition) is 2. The predicted molar refractivity (Wildman–Crippen MR) is 72.5 cm³/mol. The van der Waals surface area contributed by atoms with Gasteiger partial charge in [0.15, 0.2) is 0 Å². The van der Waals surface area contributed by atoms with Crippen LogP contribution in [0.3, 0.4) is 0 Å². The number of benzene rings is 1. The van der Waals surface area contributed by atoms with Crippen LogP contribution in [0, 0.1) is 5.82 Å². The van der Waals surface area contributed by atoms with E-state index in [1.54, 1.807) is 0 Å². The Hall–Kier alpha value is -1.15. The molecule has 0 aliphatic carbocycles. The highest BCUT2D eigenvalue weighted by atomic mass is 35.5. The van der Waals surface area contributed by atoms with Crippen LogP contribution in [-0.2, 0) is 16.6 Å². The van der Waals surface area contributed by atoms with Crippen molar-refractivity contribution in [2.75, 3.05) is 4.72 Å². The van der Waals surface area contributed by atoms with E-state index in [-0.39, 0.29) is 22.2 Å². The van der Waals surface area contributed by atoms with Crippen molar-refractivity contribution in [1.29, 1.82) is 0 Å². The van der Waals surface area contributed by atoms with Crippen LogP contribution in [-0.4, -0.2) is 13.5 Å². The van der Waals surface area contributed by atoms with Gasteiger partial charge >= 0.3 is 0 Å². The van der Waals surface area contributed by atoms with E-state index in [2.05, 4.69) is 4.72 Å². The molecule has 0 unspecified atom stereocenters. The van der Waals surface area contributed by atoms with Gasteiger partial charge in [0.2, 0.25) is 0 Å². The van der Waals surface area contributed by atoms with Gasteiger partial charge in [0.1, 0.15) is 5.82 Å². The highest BCUT2D eigenvalue weighted by Crippen LogP contribution is 2.24. The fourth-order valence-electron chi connectivity index (χ4n) is 1.36. The number of anilines is 1. The molecule has 0 atom stereocenters. The molecule has 0 aliphatic rings. The van der Waals surface area contributed by atoms with Crippen LogP contribution in [0.5, 0.6) is 0 Å². The zero-order chi connectivity index (χ0) is 14.0. The SMILES string of the molecule is O=S(=O)(Nc1ccc(F)c(Cl)c1)c1csc(CO)c1. The van der Waals surface area contributed by atoms with Gasteiger partial charge in [-0.15, -0.1) is 11.3 Å². The smallest absolute Gasteiger partial charge is 0.262 e. The van der Waals surface area contributed by atoms with Crippen molar-refractivity contribution in [2.45, 2.75) is 11.5 Å². The van der Waals surface area contributed by atoms with Crippen molar-refractivity contribution < 1.29 is 17.9 Å². The first-order chi connectivity index (χ1) is 8.92. The molecule has 0 radical (unpaired) electrons. The third kappa shape index (κ3) is 3.24. The first-order valence-electron chi connectivity index (χ1n) is 5.08. The molecule has 0 fully saturated rings. The quantitative estimate of drug-likeness (QED) is 0.910. The standard InChI is InChI=1S/C11H9ClFNO3S2/c12-10-3-7(1-2-11(10)13)14-19(16,17)9-4-8(5-15)18-6-9/h1-4,6,14-15H,5H2. The van der Waals surface area contributed by atoms with Crippen LogP contribution in [0.2, 0.25) is 5.02 Å². The van der Waals surface area contributed by atoms with Crippen LogP contribution >= 0.6 is 22.9 Å². The fraction of sp³-hybridized carbons (Fsp3) is 0.0909. The second kappa shape index (κ2) is 5.46. The largest absolute Gasteiger partial charge is 0.391 e. The Morgan fingerprint density at radius 3 is 2.68 bits per heavy atom. The molecule has 0 saturated carbocycles. The Bertz CT molecular complexity index is 700. The van der Waals surface area contributed by atoms with Gasteiger partial charge in [-0.25, -0.2) is 12.8 Å². The van der Waals surface area contributed by atoms with E-state index >= 15 is 0 Å². The zero-order valence-electron chi connectivity index (χ0n) is 9.43.